The molecule has 1 N–H and O–H groups in total. The molecule has 2 atom stereocenters. The molecule has 0 radical (unpaired) electrons. The molecule has 0 aliphatic carbocycles. The van der Waals surface area contributed by atoms with E-state index in [1.165, 1.54) is 21.9 Å². The SMILES string of the molecule is Cc1cc(C(C)N2CCNC(C)C2)c(C)s1. The lowest BCUT2D eigenvalue weighted by Gasteiger charge is -2.36. The molecule has 1 aromatic rings. The zero-order valence-corrected chi connectivity index (χ0v) is 11.5. The van der Waals surface area contributed by atoms with Crippen LogP contribution in [0.2, 0.25) is 0 Å². The quantitative estimate of drug-likeness (QED) is 0.852. The van der Waals surface area contributed by atoms with Crippen LogP contribution in [0.4, 0.5) is 0 Å². The van der Waals surface area contributed by atoms with Crippen molar-refractivity contribution in [2.45, 2.75) is 39.8 Å². The van der Waals surface area contributed by atoms with Crippen LogP contribution >= 0.6 is 11.3 Å². The Balaban J connectivity index is 2.11. The maximum Gasteiger partial charge on any atom is 0.0332 e. The first kappa shape index (κ1) is 12.1. The molecule has 90 valence electrons. The number of rotatable bonds is 2. The minimum atomic E-state index is 0.564. The van der Waals surface area contributed by atoms with Gasteiger partial charge in [0.15, 0.2) is 0 Å². The zero-order valence-electron chi connectivity index (χ0n) is 10.7. The highest BCUT2D eigenvalue weighted by Gasteiger charge is 2.23. The first-order valence-electron chi connectivity index (χ1n) is 6.12. The van der Waals surface area contributed by atoms with Crippen LogP contribution < -0.4 is 5.32 Å². The summed E-state index contributed by atoms with van der Waals surface area (Å²) in [5, 5.41) is 3.50. The minimum absolute atomic E-state index is 0.564. The lowest BCUT2D eigenvalue weighted by Crippen LogP contribution is -2.49. The van der Waals surface area contributed by atoms with Crippen molar-refractivity contribution in [2.75, 3.05) is 19.6 Å². The fourth-order valence-corrected chi connectivity index (χ4v) is 3.59. The number of thiophene rings is 1. The third kappa shape index (κ3) is 2.47. The van der Waals surface area contributed by atoms with E-state index in [0.717, 1.165) is 13.1 Å². The summed E-state index contributed by atoms with van der Waals surface area (Å²) in [6.45, 7) is 12.5. The molecule has 2 rings (SSSR count). The molecule has 0 spiro atoms. The Kier molecular flexibility index (Phi) is 3.67. The molecule has 1 saturated heterocycles. The molecule has 0 amide bonds. The highest BCUT2D eigenvalue weighted by atomic mass is 32.1. The number of aryl methyl sites for hydroxylation is 2. The molecule has 16 heavy (non-hydrogen) atoms. The fraction of sp³-hybridized carbons (Fsp3) is 0.692. The van der Waals surface area contributed by atoms with Gasteiger partial charge in [-0.05, 0) is 39.3 Å². The van der Waals surface area contributed by atoms with Crippen molar-refractivity contribution >= 4 is 11.3 Å². The van der Waals surface area contributed by atoms with Crippen molar-refractivity contribution in [1.82, 2.24) is 10.2 Å². The van der Waals surface area contributed by atoms with Gasteiger partial charge in [0.1, 0.15) is 0 Å². The molecular weight excluding hydrogens is 216 g/mol. The Morgan fingerprint density at radius 1 is 1.50 bits per heavy atom. The lowest BCUT2D eigenvalue weighted by molar-refractivity contribution is 0.158. The summed E-state index contributed by atoms with van der Waals surface area (Å²) in [5.74, 6) is 0. The van der Waals surface area contributed by atoms with E-state index >= 15 is 0 Å². The van der Waals surface area contributed by atoms with Crippen LogP contribution in [0.1, 0.15) is 35.2 Å². The van der Waals surface area contributed by atoms with Crippen LogP contribution in [-0.4, -0.2) is 30.6 Å². The molecule has 1 aliphatic heterocycles. The molecule has 1 fully saturated rings. The van der Waals surface area contributed by atoms with E-state index in [0.29, 0.717) is 12.1 Å². The van der Waals surface area contributed by atoms with Crippen LogP contribution in [0.3, 0.4) is 0 Å². The molecule has 0 aromatic carbocycles. The van der Waals surface area contributed by atoms with Crippen LogP contribution in [0, 0.1) is 13.8 Å². The van der Waals surface area contributed by atoms with Crippen LogP contribution in [0.25, 0.3) is 0 Å². The van der Waals surface area contributed by atoms with Crippen molar-refractivity contribution in [3.8, 4) is 0 Å². The predicted octanol–water partition coefficient (Wildman–Crippen LogP) is 2.72. The number of hydrogen-bond acceptors (Lipinski definition) is 3. The molecular formula is C13H22N2S. The van der Waals surface area contributed by atoms with Crippen LogP contribution in [0.5, 0.6) is 0 Å². The number of nitrogens with zero attached hydrogens (tertiary/aromatic N) is 1. The van der Waals surface area contributed by atoms with Crippen LogP contribution in [0.15, 0.2) is 6.07 Å². The molecule has 1 aromatic heterocycles. The van der Waals surface area contributed by atoms with Gasteiger partial charge in [0.2, 0.25) is 0 Å². The van der Waals surface area contributed by atoms with E-state index in [1.807, 2.05) is 11.3 Å². The zero-order chi connectivity index (χ0) is 11.7. The lowest BCUT2D eigenvalue weighted by atomic mass is 10.1. The Bertz CT molecular complexity index is 359. The Morgan fingerprint density at radius 2 is 2.25 bits per heavy atom. The van der Waals surface area contributed by atoms with Gasteiger partial charge in [0.25, 0.3) is 0 Å². The minimum Gasteiger partial charge on any atom is -0.312 e. The van der Waals surface area contributed by atoms with Gasteiger partial charge >= 0.3 is 0 Å². The van der Waals surface area contributed by atoms with Crippen molar-refractivity contribution in [3.05, 3.63) is 21.4 Å². The van der Waals surface area contributed by atoms with E-state index in [2.05, 4.69) is 44.0 Å². The van der Waals surface area contributed by atoms with Crippen molar-refractivity contribution in [3.63, 3.8) is 0 Å². The van der Waals surface area contributed by atoms with Gasteiger partial charge in [-0.25, -0.2) is 0 Å². The van der Waals surface area contributed by atoms with Crippen molar-refractivity contribution in [1.29, 1.82) is 0 Å². The Hall–Kier alpha value is -0.380. The third-order valence-corrected chi connectivity index (χ3v) is 4.46. The molecule has 0 saturated carbocycles. The van der Waals surface area contributed by atoms with E-state index in [9.17, 15) is 0 Å². The highest BCUT2D eigenvalue weighted by Crippen LogP contribution is 2.30. The molecule has 2 unspecified atom stereocenters. The Labute approximate surface area is 103 Å². The average molecular weight is 238 g/mol. The summed E-state index contributed by atoms with van der Waals surface area (Å²) in [6, 6.07) is 3.54. The van der Waals surface area contributed by atoms with Gasteiger partial charge in [-0.1, -0.05) is 0 Å². The summed E-state index contributed by atoms with van der Waals surface area (Å²) in [6.07, 6.45) is 0. The number of nitrogens with one attached hydrogen (secondary N) is 1. The van der Waals surface area contributed by atoms with Gasteiger partial charge in [0, 0.05) is 41.5 Å². The van der Waals surface area contributed by atoms with E-state index in [1.54, 1.807) is 0 Å². The molecule has 3 heteroatoms. The summed E-state index contributed by atoms with van der Waals surface area (Å²) < 4.78 is 0. The standard InChI is InChI=1S/C13H22N2S/c1-9-8-15(6-5-14-9)11(3)13-7-10(2)16-12(13)4/h7,9,11,14H,5-6,8H2,1-4H3. The predicted molar refractivity (Wildman–Crippen MR) is 71.2 cm³/mol. The van der Waals surface area contributed by atoms with E-state index < -0.39 is 0 Å². The summed E-state index contributed by atoms with van der Waals surface area (Å²) in [7, 11) is 0. The molecule has 0 bridgehead atoms. The monoisotopic (exact) mass is 238 g/mol. The topological polar surface area (TPSA) is 15.3 Å². The first-order chi connectivity index (χ1) is 7.58. The van der Waals surface area contributed by atoms with E-state index in [4.69, 9.17) is 0 Å². The maximum absolute atomic E-state index is 3.50. The molecule has 2 heterocycles. The van der Waals surface area contributed by atoms with Crippen molar-refractivity contribution in [2.24, 2.45) is 0 Å². The second-order valence-corrected chi connectivity index (χ2v) is 6.36. The first-order valence-corrected chi connectivity index (χ1v) is 6.94. The molecule has 2 nitrogen and oxygen atoms in total. The summed E-state index contributed by atoms with van der Waals surface area (Å²) >= 11 is 1.92. The molecule has 1 aliphatic rings. The maximum atomic E-state index is 3.50. The number of piperazine rings is 1. The second kappa shape index (κ2) is 4.86. The van der Waals surface area contributed by atoms with Gasteiger partial charge in [-0.2, -0.15) is 0 Å². The summed E-state index contributed by atoms with van der Waals surface area (Å²) in [4.78, 5) is 5.51. The second-order valence-electron chi connectivity index (χ2n) is 4.89. The van der Waals surface area contributed by atoms with Gasteiger partial charge in [0.05, 0.1) is 0 Å². The number of hydrogen-bond donors (Lipinski definition) is 1. The fourth-order valence-electron chi connectivity index (χ4n) is 2.58. The Morgan fingerprint density at radius 3 is 2.81 bits per heavy atom. The van der Waals surface area contributed by atoms with Crippen LogP contribution in [-0.2, 0) is 0 Å². The average Bonchev–Trinajstić information content (AvgIpc) is 2.57. The largest absolute Gasteiger partial charge is 0.312 e. The van der Waals surface area contributed by atoms with E-state index in [-0.39, 0.29) is 0 Å². The van der Waals surface area contributed by atoms with Crippen molar-refractivity contribution < 1.29 is 0 Å². The van der Waals surface area contributed by atoms with Gasteiger partial charge < -0.3 is 5.32 Å². The van der Waals surface area contributed by atoms with Gasteiger partial charge in [-0.3, -0.25) is 4.90 Å². The normalized spacial score (nSPS) is 24.6. The highest BCUT2D eigenvalue weighted by molar-refractivity contribution is 7.12. The third-order valence-electron chi connectivity index (χ3n) is 3.48. The van der Waals surface area contributed by atoms with Gasteiger partial charge in [-0.15, -0.1) is 11.3 Å². The summed E-state index contributed by atoms with van der Waals surface area (Å²) in [5.41, 5.74) is 1.52. The smallest absolute Gasteiger partial charge is 0.0332 e.